The second kappa shape index (κ2) is 6.68. The lowest BCUT2D eigenvalue weighted by Crippen LogP contribution is -2.14. The number of ether oxygens (including phenoxy) is 2. The Labute approximate surface area is 138 Å². The molecule has 0 saturated carbocycles. The summed E-state index contributed by atoms with van der Waals surface area (Å²) in [5.41, 5.74) is 2.20. The van der Waals surface area contributed by atoms with E-state index in [0.717, 1.165) is 22.3 Å². The van der Waals surface area contributed by atoms with Crippen LogP contribution in [0.3, 0.4) is 0 Å². The predicted octanol–water partition coefficient (Wildman–Crippen LogP) is 3.30. The van der Waals surface area contributed by atoms with Gasteiger partial charge in [-0.05, 0) is 24.3 Å². The van der Waals surface area contributed by atoms with Crippen LogP contribution in [0.4, 0.5) is 4.39 Å². The third-order valence-corrected chi connectivity index (χ3v) is 3.95. The van der Waals surface area contributed by atoms with Gasteiger partial charge in [0.25, 0.3) is 0 Å². The number of furan rings is 1. The Morgan fingerprint density at radius 1 is 1.12 bits per heavy atom. The Morgan fingerprint density at radius 2 is 2.00 bits per heavy atom. The molecule has 1 aliphatic rings. The molecule has 24 heavy (non-hydrogen) atoms. The average Bonchev–Trinajstić information content (AvgIpc) is 3.25. The number of nitrogens with zero attached hydrogens (tertiary/aromatic N) is 1. The molecule has 6 heteroatoms. The minimum absolute atomic E-state index is 0.252. The lowest BCUT2D eigenvalue weighted by molar-refractivity contribution is -0.0442. The molecule has 0 radical (unpaired) electrons. The smallest absolute Gasteiger partial charge is 0.184 e. The molecule has 5 nitrogen and oxygen atoms in total. The van der Waals surface area contributed by atoms with Crippen LogP contribution >= 0.6 is 0 Å². The van der Waals surface area contributed by atoms with E-state index in [2.05, 4.69) is 10.3 Å². The SMILES string of the molecule is Fc1ccc(C2OCCO2)cc1CNCc1cc2cnccc2o1. The molecule has 0 atom stereocenters. The molecule has 1 N–H and O–H groups in total. The van der Waals surface area contributed by atoms with Gasteiger partial charge in [0.1, 0.15) is 17.2 Å². The van der Waals surface area contributed by atoms with Crippen molar-refractivity contribution >= 4 is 11.0 Å². The van der Waals surface area contributed by atoms with Crippen molar-refractivity contribution in [2.75, 3.05) is 13.2 Å². The maximum atomic E-state index is 14.0. The number of nitrogens with one attached hydrogen (secondary N) is 1. The van der Waals surface area contributed by atoms with E-state index in [0.29, 0.717) is 31.9 Å². The molecule has 1 fully saturated rings. The largest absolute Gasteiger partial charge is 0.460 e. The lowest BCUT2D eigenvalue weighted by atomic mass is 10.1. The zero-order chi connectivity index (χ0) is 16.4. The van der Waals surface area contributed by atoms with Crippen LogP contribution < -0.4 is 5.32 Å². The Hall–Kier alpha value is -2.28. The van der Waals surface area contributed by atoms with Crippen LogP contribution in [0.5, 0.6) is 0 Å². The first-order valence-electron chi connectivity index (χ1n) is 7.84. The lowest BCUT2D eigenvalue weighted by Gasteiger charge is -2.12. The highest BCUT2D eigenvalue weighted by atomic mass is 19.1. The van der Waals surface area contributed by atoms with Crippen LogP contribution in [0.15, 0.2) is 47.1 Å². The summed E-state index contributed by atoms with van der Waals surface area (Å²) < 4.78 is 30.6. The fourth-order valence-corrected chi connectivity index (χ4v) is 2.77. The Bertz CT molecular complexity index is 810. The maximum Gasteiger partial charge on any atom is 0.184 e. The first kappa shape index (κ1) is 15.3. The summed E-state index contributed by atoms with van der Waals surface area (Å²) in [4.78, 5) is 4.06. The van der Waals surface area contributed by atoms with Gasteiger partial charge in [0.05, 0.1) is 19.8 Å². The standard InChI is InChI=1S/C18H17FN2O3/c19-16-2-1-12(18-22-5-6-23-18)7-13(16)9-21-11-15-8-14-10-20-4-3-17(14)24-15/h1-4,7-8,10,18,21H,5-6,9,11H2. The van der Waals surface area contributed by atoms with E-state index in [4.69, 9.17) is 13.9 Å². The highest BCUT2D eigenvalue weighted by Crippen LogP contribution is 2.25. The van der Waals surface area contributed by atoms with Gasteiger partial charge in [-0.25, -0.2) is 4.39 Å². The van der Waals surface area contributed by atoms with Gasteiger partial charge in [0, 0.05) is 35.5 Å². The van der Waals surface area contributed by atoms with Gasteiger partial charge < -0.3 is 19.2 Å². The maximum absolute atomic E-state index is 14.0. The molecule has 1 aliphatic heterocycles. The van der Waals surface area contributed by atoms with Gasteiger partial charge in [-0.1, -0.05) is 6.07 Å². The monoisotopic (exact) mass is 328 g/mol. The van der Waals surface area contributed by atoms with Crippen molar-refractivity contribution in [3.05, 3.63) is 65.4 Å². The van der Waals surface area contributed by atoms with Gasteiger partial charge in [-0.3, -0.25) is 4.98 Å². The molecule has 124 valence electrons. The van der Waals surface area contributed by atoms with Crippen LogP contribution in [0.1, 0.15) is 23.2 Å². The van der Waals surface area contributed by atoms with Crippen molar-refractivity contribution in [2.45, 2.75) is 19.4 Å². The predicted molar refractivity (Wildman–Crippen MR) is 85.6 cm³/mol. The van der Waals surface area contributed by atoms with Crippen LogP contribution in [-0.2, 0) is 22.6 Å². The number of aromatic nitrogens is 1. The number of hydrogen-bond donors (Lipinski definition) is 1. The second-order valence-corrected chi connectivity index (χ2v) is 5.65. The minimum atomic E-state index is -0.396. The molecule has 1 saturated heterocycles. The molecular weight excluding hydrogens is 311 g/mol. The summed E-state index contributed by atoms with van der Waals surface area (Å²) in [6.07, 6.45) is 3.05. The van der Waals surface area contributed by atoms with E-state index in [-0.39, 0.29) is 5.82 Å². The van der Waals surface area contributed by atoms with Crippen molar-refractivity contribution < 1.29 is 18.3 Å². The first-order valence-corrected chi connectivity index (χ1v) is 7.84. The van der Waals surface area contributed by atoms with Gasteiger partial charge in [-0.2, -0.15) is 0 Å². The number of fused-ring (bicyclic) bond motifs is 1. The van der Waals surface area contributed by atoms with Crippen molar-refractivity contribution in [3.8, 4) is 0 Å². The van der Waals surface area contributed by atoms with Gasteiger partial charge in [0.15, 0.2) is 6.29 Å². The summed E-state index contributed by atoms with van der Waals surface area (Å²) in [6.45, 7) is 2.03. The van der Waals surface area contributed by atoms with Gasteiger partial charge in [-0.15, -0.1) is 0 Å². The first-order chi connectivity index (χ1) is 11.8. The van der Waals surface area contributed by atoms with E-state index in [1.807, 2.05) is 12.1 Å². The number of benzene rings is 1. The fraction of sp³-hybridized carbons (Fsp3) is 0.278. The van der Waals surface area contributed by atoms with Crippen LogP contribution in [0.25, 0.3) is 11.0 Å². The third-order valence-electron chi connectivity index (χ3n) is 3.95. The summed E-state index contributed by atoms with van der Waals surface area (Å²) in [5.74, 6) is 0.537. The molecule has 1 aromatic carbocycles. The van der Waals surface area contributed by atoms with Crippen LogP contribution in [0, 0.1) is 5.82 Å². The number of hydrogen-bond acceptors (Lipinski definition) is 5. The Kier molecular flexibility index (Phi) is 4.25. The highest BCUT2D eigenvalue weighted by molar-refractivity contribution is 5.76. The number of pyridine rings is 1. The van der Waals surface area contributed by atoms with Crippen molar-refractivity contribution in [3.63, 3.8) is 0 Å². The molecule has 0 amide bonds. The fourth-order valence-electron chi connectivity index (χ4n) is 2.77. The molecule has 0 bridgehead atoms. The van der Waals surface area contributed by atoms with Gasteiger partial charge >= 0.3 is 0 Å². The Morgan fingerprint density at radius 3 is 2.83 bits per heavy atom. The molecule has 4 rings (SSSR count). The van der Waals surface area contributed by atoms with E-state index in [9.17, 15) is 4.39 Å². The van der Waals surface area contributed by atoms with Crippen molar-refractivity contribution in [1.29, 1.82) is 0 Å². The van der Waals surface area contributed by atoms with E-state index in [1.165, 1.54) is 6.07 Å². The Balaban J connectivity index is 1.42. The molecular formula is C18H17FN2O3. The quantitative estimate of drug-likeness (QED) is 0.779. The van der Waals surface area contributed by atoms with Crippen molar-refractivity contribution in [2.24, 2.45) is 0 Å². The zero-order valence-electron chi connectivity index (χ0n) is 13.0. The van der Waals surface area contributed by atoms with Crippen LogP contribution in [0.2, 0.25) is 0 Å². The van der Waals surface area contributed by atoms with E-state index >= 15 is 0 Å². The van der Waals surface area contributed by atoms with E-state index in [1.54, 1.807) is 24.5 Å². The zero-order valence-corrected chi connectivity index (χ0v) is 13.0. The molecule has 0 unspecified atom stereocenters. The van der Waals surface area contributed by atoms with Crippen LogP contribution in [-0.4, -0.2) is 18.2 Å². The molecule has 0 aliphatic carbocycles. The van der Waals surface area contributed by atoms with Crippen molar-refractivity contribution in [1.82, 2.24) is 10.3 Å². The summed E-state index contributed by atoms with van der Waals surface area (Å²) >= 11 is 0. The molecule has 3 heterocycles. The second-order valence-electron chi connectivity index (χ2n) is 5.65. The third kappa shape index (κ3) is 3.17. The van der Waals surface area contributed by atoms with E-state index < -0.39 is 6.29 Å². The highest BCUT2D eigenvalue weighted by Gasteiger charge is 2.19. The minimum Gasteiger partial charge on any atom is -0.460 e. The molecule has 3 aromatic rings. The number of rotatable bonds is 5. The number of halogens is 1. The summed E-state index contributed by atoms with van der Waals surface area (Å²) in [5, 5.41) is 4.16. The normalized spacial score (nSPS) is 15.4. The van der Waals surface area contributed by atoms with Gasteiger partial charge in [0.2, 0.25) is 0 Å². The molecule has 2 aromatic heterocycles. The summed E-state index contributed by atoms with van der Waals surface area (Å²) in [6, 6.07) is 8.68. The topological polar surface area (TPSA) is 56.5 Å². The molecule has 0 spiro atoms. The average molecular weight is 328 g/mol. The summed E-state index contributed by atoms with van der Waals surface area (Å²) in [7, 11) is 0.